The minimum absolute atomic E-state index is 0.0508. The fourth-order valence-electron chi connectivity index (χ4n) is 3.86. The van der Waals surface area contributed by atoms with Crippen LogP contribution >= 0.6 is 0 Å². The predicted octanol–water partition coefficient (Wildman–Crippen LogP) is 1.63. The number of hydrogen-bond donors (Lipinski definition) is 2. The number of nitrogens with zero attached hydrogens (tertiary/aromatic N) is 1. The van der Waals surface area contributed by atoms with Crippen LogP contribution in [-0.4, -0.2) is 68.1 Å². The molecule has 0 radical (unpaired) electrons. The normalized spacial score (nSPS) is 22.4. The summed E-state index contributed by atoms with van der Waals surface area (Å²) in [6, 6.07) is 3.53. The molecule has 27 heavy (non-hydrogen) atoms. The van der Waals surface area contributed by atoms with Crippen LogP contribution in [0.5, 0.6) is 17.2 Å². The maximum Gasteiger partial charge on any atom is 0.227 e. The molecule has 1 aliphatic rings. The van der Waals surface area contributed by atoms with Crippen LogP contribution in [0.15, 0.2) is 12.1 Å². The maximum absolute atomic E-state index is 12.9. The van der Waals surface area contributed by atoms with Gasteiger partial charge in [-0.15, -0.1) is 0 Å². The molecule has 1 aliphatic heterocycles. The Morgan fingerprint density at radius 1 is 1.22 bits per heavy atom. The van der Waals surface area contributed by atoms with Crippen LogP contribution in [-0.2, 0) is 11.2 Å². The number of aliphatic hydroxyl groups excluding tert-OH is 2. The zero-order valence-electron chi connectivity index (χ0n) is 16.7. The van der Waals surface area contributed by atoms with Gasteiger partial charge in [0.2, 0.25) is 11.7 Å². The van der Waals surface area contributed by atoms with Crippen LogP contribution in [0.2, 0.25) is 0 Å². The first-order chi connectivity index (χ1) is 12.9. The molecule has 1 saturated heterocycles. The van der Waals surface area contributed by atoms with E-state index in [1.54, 1.807) is 17.0 Å². The average molecular weight is 381 g/mol. The van der Waals surface area contributed by atoms with Gasteiger partial charge in [-0.05, 0) is 30.5 Å². The molecule has 0 aromatic heterocycles. The first-order valence-electron chi connectivity index (χ1n) is 9.30. The third kappa shape index (κ3) is 4.47. The fourth-order valence-corrected chi connectivity index (χ4v) is 3.86. The van der Waals surface area contributed by atoms with E-state index in [4.69, 9.17) is 14.2 Å². The second-order valence-corrected chi connectivity index (χ2v) is 7.10. The van der Waals surface area contributed by atoms with E-state index < -0.39 is 11.5 Å². The molecule has 2 rings (SSSR count). The third-order valence-corrected chi connectivity index (χ3v) is 5.38. The number of piperidine rings is 1. The van der Waals surface area contributed by atoms with Gasteiger partial charge in [0, 0.05) is 18.5 Å². The van der Waals surface area contributed by atoms with E-state index in [2.05, 4.69) is 0 Å². The van der Waals surface area contributed by atoms with Gasteiger partial charge in [0.05, 0.1) is 40.5 Å². The van der Waals surface area contributed by atoms with Crippen molar-refractivity contribution in [3.63, 3.8) is 0 Å². The summed E-state index contributed by atoms with van der Waals surface area (Å²) in [7, 11) is 4.61. The summed E-state index contributed by atoms with van der Waals surface area (Å²) < 4.78 is 16.0. The van der Waals surface area contributed by atoms with Crippen molar-refractivity contribution in [2.45, 2.75) is 38.7 Å². The number of amides is 1. The summed E-state index contributed by atoms with van der Waals surface area (Å²) in [5.74, 6) is 1.44. The van der Waals surface area contributed by atoms with Crippen molar-refractivity contribution >= 4 is 5.91 Å². The van der Waals surface area contributed by atoms with E-state index in [1.165, 1.54) is 21.3 Å². The van der Waals surface area contributed by atoms with Crippen LogP contribution in [0.1, 0.15) is 31.7 Å². The molecule has 0 spiro atoms. The summed E-state index contributed by atoms with van der Waals surface area (Å²) in [5, 5.41) is 20.3. The molecule has 1 aromatic rings. The molecule has 0 bridgehead atoms. The lowest BCUT2D eigenvalue weighted by Gasteiger charge is -2.45. The van der Waals surface area contributed by atoms with Gasteiger partial charge in [0.15, 0.2) is 11.5 Å². The molecule has 1 fully saturated rings. The Bertz CT molecular complexity index is 624. The topological polar surface area (TPSA) is 88.5 Å². The third-order valence-electron chi connectivity index (χ3n) is 5.38. The molecule has 7 heteroatoms. The number of rotatable bonds is 8. The van der Waals surface area contributed by atoms with E-state index >= 15 is 0 Å². The van der Waals surface area contributed by atoms with E-state index in [0.29, 0.717) is 43.2 Å². The van der Waals surface area contributed by atoms with Crippen LogP contribution in [0.25, 0.3) is 0 Å². The first-order valence-corrected chi connectivity index (χ1v) is 9.30. The number of ether oxygens (including phenoxy) is 3. The molecule has 0 unspecified atom stereocenters. The quantitative estimate of drug-likeness (QED) is 0.712. The highest BCUT2D eigenvalue weighted by molar-refractivity contribution is 5.79. The lowest BCUT2D eigenvalue weighted by Crippen LogP contribution is -2.55. The van der Waals surface area contributed by atoms with Crippen molar-refractivity contribution in [3.05, 3.63) is 17.7 Å². The number of carbonyl (C=O) groups is 1. The average Bonchev–Trinajstić information content (AvgIpc) is 2.68. The Hall–Kier alpha value is -1.99. The molecular formula is C20H31NO6. The molecule has 0 aliphatic carbocycles. The highest BCUT2D eigenvalue weighted by Crippen LogP contribution is 2.39. The highest BCUT2D eigenvalue weighted by Gasteiger charge is 2.42. The van der Waals surface area contributed by atoms with Crippen molar-refractivity contribution < 1.29 is 29.2 Å². The number of benzene rings is 1. The Kier molecular flexibility index (Phi) is 7.33. The molecule has 0 saturated carbocycles. The Labute approximate surface area is 160 Å². The molecule has 2 N–H and O–H groups in total. The molecule has 1 amide bonds. The van der Waals surface area contributed by atoms with Gasteiger partial charge in [-0.2, -0.15) is 0 Å². The Morgan fingerprint density at radius 2 is 1.85 bits per heavy atom. The summed E-state index contributed by atoms with van der Waals surface area (Å²) >= 11 is 0. The Balaban J connectivity index is 2.19. The lowest BCUT2D eigenvalue weighted by molar-refractivity contribution is -0.141. The first kappa shape index (κ1) is 21.3. The fraction of sp³-hybridized carbons (Fsp3) is 0.650. The lowest BCUT2D eigenvalue weighted by atomic mass is 9.74. The van der Waals surface area contributed by atoms with Gasteiger partial charge >= 0.3 is 0 Å². The van der Waals surface area contributed by atoms with Crippen LogP contribution in [0.4, 0.5) is 0 Å². The minimum atomic E-state index is -0.641. The van der Waals surface area contributed by atoms with E-state index in [-0.39, 0.29) is 18.9 Å². The maximum atomic E-state index is 12.9. The van der Waals surface area contributed by atoms with E-state index in [1.807, 2.05) is 6.92 Å². The van der Waals surface area contributed by atoms with Gasteiger partial charge < -0.3 is 29.3 Å². The number of methoxy groups -OCH3 is 3. The molecular weight excluding hydrogens is 350 g/mol. The van der Waals surface area contributed by atoms with E-state index in [9.17, 15) is 15.0 Å². The summed E-state index contributed by atoms with van der Waals surface area (Å²) in [6.45, 7) is 2.73. The molecule has 1 aromatic carbocycles. The van der Waals surface area contributed by atoms with Gasteiger partial charge in [0.1, 0.15) is 0 Å². The summed E-state index contributed by atoms with van der Waals surface area (Å²) in [5.41, 5.74) is 0.114. The SMILES string of the molecule is CCC[C@@]1(CO)CN(C(=O)Cc2cc(OC)c(OC)c(OC)c2)CC[C@@H]1O. The smallest absolute Gasteiger partial charge is 0.227 e. The highest BCUT2D eigenvalue weighted by atomic mass is 16.5. The number of likely N-dealkylation sites (tertiary alicyclic amines) is 1. The van der Waals surface area contributed by atoms with Crippen molar-refractivity contribution in [1.29, 1.82) is 0 Å². The molecule has 7 nitrogen and oxygen atoms in total. The van der Waals surface area contributed by atoms with Crippen molar-refractivity contribution in [3.8, 4) is 17.2 Å². The second kappa shape index (κ2) is 9.28. The second-order valence-electron chi connectivity index (χ2n) is 7.10. The molecule has 1 heterocycles. The van der Waals surface area contributed by atoms with Crippen LogP contribution in [0.3, 0.4) is 0 Å². The summed E-state index contributed by atoms with van der Waals surface area (Å²) in [6.07, 6.45) is 1.58. The number of carbonyl (C=O) groups excluding carboxylic acids is 1. The van der Waals surface area contributed by atoms with Crippen molar-refractivity contribution in [2.24, 2.45) is 5.41 Å². The van der Waals surface area contributed by atoms with Gasteiger partial charge in [-0.25, -0.2) is 0 Å². The van der Waals surface area contributed by atoms with Crippen molar-refractivity contribution in [1.82, 2.24) is 4.90 Å². The monoisotopic (exact) mass is 381 g/mol. The largest absolute Gasteiger partial charge is 0.493 e. The number of hydrogen-bond acceptors (Lipinski definition) is 6. The molecule has 2 atom stereocenters. The predicted molar refractivity (Wildman–Crippen MR) is 101 cm³/mol. The van der Waals surface area contributed by atoms with E-state index in [0.717, 1.165) is 12.0 Å². The Morgan fingerprint density at radius 3 is 2.33 bits per heavy atom. The summed E-state index contributed by atoms with van der Waals surface area (Å²) in [4.78, 5) is 14.6. The standard InChI is InChI=1S/C20H31NO6/c1-5-7-20(13-22)12-21(8-6-17(20)23)18(24)11-14-9-15(25-2)19(27-4)16(10-14)26-3/h9-10,17,22-23H,5-8,11-13H2,1-4H3/t17-,20-/m0/s1. The van der Waals surface area contributed by atoms with Gasteiger partial charge in [-0.3, -0.25) is 4.79 Å². The number of aliphatic hydroxyl groups is 2. The zero-order valence-corrected chi connectivity index (χ0v) is 16.7. The zero-order chi connectivity index (χ0) is 20.0. The van der Waals surface area contributed by atoms with Gasteiger partial charge in [0.25, 0.3) is 0 Å². The van der Waals surface area contributed by atoms with Crippen molar-refractivity contribution in [2.75, 3.05) is 41.0 Å². The van der Waals surface area contributed by atoms with Crippen LogP contribution in [0, 0.1) is 5.41 Å². The van der Waals surface area contributed by atoms with Gasteiger partial charge in [-0.1, -0.05) is 13.3 Å². The van der Waals surface area contributed by atoms with Crippen LogP contribution < -0.4 is 14.2 Å². The molecule has 152 valence electrons. The minimum Gasteiger partial charge on any atom is -0.493 e.